The third-order valence-electron chi connectivity index (χ3n) is 4.71. The van der Waals surface area contributed by atoms with Gasteiger partial charge in [-0.05, 0) is 32.9 Å². The van der Waals surface area contributed by atoms with E-state index in [0.29, 0.717) is 36.2 Å². The monoisotopic (exact) mass is 316 g/mol. The molecule has 1 aliphatic carbocycles. The van der Waals surface area contributed by atoms with Gasteiger partial charge >= 0.3 is 0 Å². The summed E-state index contributed by atoms with van der Waals surface area (Å²) in [5, 5.41) is 4.09. The molecule has 23 heavy (non-hydrogen) atoms. The van der Waals surface area contributed by atoms with Gasteiger partial charge in [-0.3, -0.25) is 9.69 Å². The Morgan fingerprint density at radius 2 is 2.17 bits per heavy atom. The first kappa shape index (κ1) is 14.4. The number of furan rings is 1. The Hall–Kier alpha value is -2.15. The van der Waals surface area contributed by atoms with Gasteiger partial charge in [-0.25, -0.2) is 0 Å². The lowest BCUT2D eigenvalue weighted by Gasteiger charge is -2.37. The van der Waals surface area contributed by atoms with E-state index in [0.717, 1.165) is 25.2 Å². The van der Waals surface area contributed by atoms with Crippen molar-refractivity contribution in [1.82, 2.24) is 19.9 Å². The van der Waals surface area contributed by atoms with Gasteiger partial charge in [-0.15, -0.1) is 0 Å². The number of rotatable bonds is 3. The van der Waals surface area contributed by atoms with Crippen LogP contribution in [-0.2, 0) is 0 Å². The van der Waals surface area contributed by atoms with E-state index in [2.05, 4.69) is 15.0 Å². The van der Waals surface area contributed by atoms with E-state index in [-0.39, 0.29) is 11.9 Å². The van der Waals surface area contributed by atoms with E-state index in [1.807, 2.05) is 11.9 Å². The topological polar surface area (TPSA) is 75.6 Å². The van der Waals surface area contributed by atoms with Gasteiger partial charge in [0.15, 0.2) is 5.82 Å². The van der Waals surface area contributed by atoms with E-state index in [1.54, 1.807) is 19.3 Å². The van der Waals surface area contributed by atoms with E-state index in [4.69, 9.17) is 8.94 Å². The Kier molecular flexibility index (Phi) is 3.45. The van der Waals surface area contributed by atoms with Crippen LogP contribution in [0.25, 0.3) is 0 Å². The average molecular weight is 316 g/mol. The van der Waals surface area contributed by atoms with Gasteiger partial charge in [0.05, 0.1) is 11.8 Å². The zero-order valence-corrected chi connectivity index (χ0v) is 13.4. The Morgan fingerprint density at radius 3 is 2.87 bits per heavy atom. The average Bonchev–Trinajstić information content (AvgIpc) is 3.12. The molecule has 1 saturated heterocycles. The van der Waals surface area contributed by atoms with E-state index in [9.17, 15) is 4.79 Å². The molecule has 1 atom stereocenters. The smallest absolute Gasteiger partial charge is 0.257 e. The van der Waals surface area contributed by atoms with Crippen LogP contribution in [0.4, 0.5) is 0 Å². The van der Waals surface area contributed by atoms with Crippen molar-refractivity contribution < 1.29 is 13.7 Å². The summed E-state index contributed by atoms with van der Waals surface area (Å²) in [6.07, 6.45) is 3.84. The van der Waals surface area contributed by atoms with E-state index >= 15 is 0 Å². The van der Waals surface area contributed by atoms with Crippen LogP contribution < -0.4 is 0 Å². The second kappa shape index (κ2) is 5.49. The maximum absolute atomic E-state index is 12.7. The van der Waals surface area contributed by atoms with E-state index < -0.39 is 0 Å². The maximum Gasteiger partial charge on any atom is 0.257 e. The SMILES string of the molecule is Cc1occc1C(=O)N1CCN(C)[C@H](c2nc(C3CC3)no2)C1. The number of likely N-dealkylation sites (N-methyl/N-ethyl adjacent to an activating group) is 1. The highest BCUT2D eigenvalue weighted by Crippen LogP contribution is 2.38. The molecule has 2 aromatic rings. The highest BCUT2D eigenvalue weighted by Gasteiger charge is 2.35. The maximum atomic E-state index is 12.7. The summed E-state index contributed by atoms with van der Waals surface area (Å²) in [7, 11) is 2.02. The van der Waals surface area contributed by atoms with Crippen LogP contribution in [0, 0.1) is 6.92 Å². The molecular formula is C16H20N4O3. The predicted molar refractivity (Wildman–Crippen MR) is 81.0 cm³/mol. The summed E-state index contributed by atoms with van der Waals surface area (Å²) in [5.74, 6) is 2.53. The van der Waals surface area contributed by atoms with Crippen LogP contribution >= 0.6 is 0 Å². The number of hydrogen-bond donors (Lipinski definition) is 0. The van der Waals surface area contributed by atoms with E-state index in [1.165, 1.54) is 0 Å². The summed E-state index contributed by atoms with van der Waals surface area (Å²) in [6.45, 7) is 3.81. The minimum absolute atomic E-state index is 0.00344. The van der Waals surface area contributed by atoms with Crippen LogP contribution in [0.1, 0.15) is 52.6 Å². The van der Waals surface area contributed by atoms with Crippen LogP contribution in [0.5, 0.6) is 0 Å². The molecule has 7 nitrogen and oxygen atoms in total. The quantitative estimate of drug-likeness (QED) is 0.862. The van der Waals surface area contributed by atoms with Crippen LogP contribution in [0.2, 0.25) is 0 Å². The molecule has 0 unspecified atom stereocenters. The first-order chi connectivity index (χ1) is 11.1. The Bertz CT molecular complexity index is 718. The molecule has 4 rings (SSSR count). The fourth-order valence-electron chi connectivity index (χ4n) is 2.99. The number of nitrogens with zero attached hydrogens (tertiary/aromatic N) is 4. The van der Waals surface area contributed by atoms with Crippen LogP contribution in [0.3, 0.4) is 0 Å². The first-order valence-corrected chi connectivity index (χ1v) is 8.00. The fourth-order valence-corrected chi connectivity index (χ4v) is 2.99. The highest BCUT2D eigenvalue weighted by atomic mass is 16.5. The van der Waals surface area contributed by atoms with Gasteiger partial charge in [-0.2, -0.15) is 4.98 Å². The van der Waals surface area contributed by atoms with Gasteiger partial charge in [0, 0.05) is 25.6 Å². The predicted octanol–water partition coefficient (Wildman–Crippen LogP) is 1.98. The summed E-state index contributed by atoms with van der Waals surface area (Å²) in [4.78, 5) is 21.2. The Labute approximate surface area is 134 Å². The van der Waals surface area contributed by atoms with Crippen molar-refractivity contribution in [2.75, 3.05) is 26.7 Å². The molecule has 1 aliphatic heterocycles. The van der Waals surface area contributed by atoms with Crippen molar-refractivity contribution in [2.24, 2.45) is 0 Å². The minimum Gasteiger partial charge on any atom is -0.469 e. The van der Waals surface area contributed by atoms with Gasteiger partial charge in [0.1, 0.15) is 11.8 Å². The number of aromatic nitrogens is 2. The third kappa shape index (κ3) is 2.65. The molecule has 2 aromatic heterocycles. The molecule has 7 heteroatoms. The summed E-state index contributed by atoms with van der Waals surface area (Å²) in [6, 6.07) is 1.67. The summed E-state index contributed by atoms with van der Waals surface area (Å²) >= 11 is 0. The largest absolute Gasteiger partial charge is 0.469 e. The molecule has 1 amide bonds. The molecule has 122 valence electrons. The molecule has 0 radical (unpaired) electrons. The van der Waals surface area contributed by atoms with Crippen molar-refractivity contribution in [3.8, 4) is 0 Å². The lowest BCUT2D eigenvalue weighted by Crippen LogP contribution is -2.49. The zero-order chi connectivity index (χ0) is 16.0. The Morgan fingerprint density at radius 1 is 1.35 bits per heavy atom. The van der Waals surface area contributed by atoms with Gasteiger partial charge in [-0.1, -0.05) is 5.16 Å². The van der Waals surface area contributed by atoms with Gasteiger partial charge in [0.2, 0.25) is 5.89 Å². The Balaban J connectivity index is 1.53. The second-order valence-electron chi connectivity index (χ2n) is 6.40. The first-order valence-electron chi connectivity index (χ1n) is 8.00. The molecule has 1 saturated carbocycles. The number of carbonyl (C=O) groups excluding carboxylic acids is 1. The second-order valence-corrected chi connectivity index (χ2v) is 6.40. The summed E-state index contributed by atoms with van der Waals surface area (Å²) in [5.41, 5.74) is 0.623. The molecule has 3 heterocycles. The summed E-state index contributed by atoms with van der Waals surface area (Å²) < 4.78 is 10.7. The van der Waals surface area contributed by atoms with Gasteiger partial charge in [0.25, 0.3) is 5.91 Å². The normalized spacial score (nSPS) is 22.5. The minimum atomic E-state index is -0.0556. The van der Waals surface area contributed by atoms with Crippen molar-refractivity contribution >= 4 is 5.91 Å². The number of hydrogen-bond acceptors (Lipinski definition) is 6. The van der Waals surface area contributed by atoms with Crippen LogP contribution in [-0.4, -0.2) is 52.5 Å². The van der Waals surface area contributed by atoms with Crippen LogP contribution in [0.15, 0.2) is 21.3 Å². The number of aryl methyl sites for hydroxylation is 1. The van der Waals surface area contributed by atoms with Gasteiger partial charge < -0.3 is 13.8 Å². The number of carbonyl (C=O) groups is 1. The lowest BCUT2D eigenvalue weighted by atomic mass is 10.1. The zero-order valence-electron chi connectivity index (χ0n) is 13.4. The molecule has 0 N–H and O–H groups in total. The highest BCUT2D eigenvalue weighted by molar-refractivity contribution is 5.95. The molecule has 2 fully saturated rings. The van der Waals surface area contributed by atoms with Crippen molar-refractivity contribution in [3.05, 3.63) is 35.4 Å². The molecule has 0 spiro atoms. The van der Waals surface area contributed by atoms with Crippen molar-refractivity contribution in [3.63, 3.8) is 0 Å². The molecule has 2 aliphatic rings. The molecular weight excluding hydrogens is 296 g/mol. The molecule has 0 aromatic carbocycles. The fraction of sp³-hybridized carbons (Fsp3) is 0.562. The van der Waals surface area contributed by atoms with Crippen molar-refractivity contribution in [2.45, 2.75) is 31.7 Å². The lowest BCUT2D eigenvalue weighted by molar-refractivity contribution is 0.0487. The van der Waals surface area contributed by atoms with Crippen molar-refractivity contribution in [1.29, 1.82) is 0 Å². The number of amides is 1. The standard InChI is InChI=1S/C16H20N4O3/c1-10-12(5-8-22-10)16(21)20-7-6-19(2)13(9-20)15-17-14(18-23-15)11-3-4-11/h5,8,11,13H,3-4,6-7,9H2,1-2H3/t13-/m0/s1. The third-order valence-corrected chi connectivity index (χ3v) is 4.71. The number of piperazine rings is 1. The molecule has 0 bridgehead atoms.